The van der Waals surface area contributed by atoms with Gasteiger partial charge in [-0.3, -0.25) is 0 Å². The van der Waals surface area contributed by atoms with Crippen molar-refractivity contribution >= 4 is 11.8 Å². The van der Waals surface area contributed by atoms with E-state index >= 15 is 0 Å². The molecule has 2 N–H and O–H groups in total. The Morgan fingerprint density at radius 1 is 1.40 bits per heavy atom. The summed E-state index contributed by atoms with van der Waals surface area (Å²) in [4.78, 5) is 8.56. The molecule has 0 aliphatic carbocycles. The molecule has 0 aromatic carbocycles. The lowest BCUT2D eigenvalue weighted by Crippen LogP contribution is -2.12. The van der Waals surface area contributed by atoms with Crippen LogP contribution in [0.3, 0.4) is 0 Å². The van der Waals surface area contributed by atoms with E-state index in [-0.39, 0.29) is 0 Å². The maximum absolute atomic E-state index is 4.32. The molecule has 1 aromatic rings. The second kappa shape index (κ2) is 5.53. The Morgan fingerprint density at radius 3 is 2.73 bits per heavy atom. The Morgan fingerprint density at radius 2 is 2.13 bits per heavy atom. The number of hydrogen-bond donors (Lipinski definition) is 2. The molecule has 0 radical (unpaired) electrons. The summed E-state index contributed by atoms with van der Waals surface area (Å²) < 4.78 is 0. The van der Waals surface area contributed by atoms with Crippen LogP contribution < -0.4 is 10.6 Å². The van der Waals surface area contributed by atoms with Crippen molar-refractivity contribution in [2.75, 3.05) is 24.2 Å². The Hall–Kier alpha value is -1.32. The minimum atomic E-state index is 0.665. The van der Waals surface area contributed by atoms with E-state index in [1.807, 2.05) is 20.0 Å². The second-order valence-electron chi connectivity index (χ2n) is 3.86. The van der Waals surface area contributed by atoms with Gasteiger partial charge in [-0.15, -0.1) is 0 Å². The van der Waals surface area contributed by atoms with E-state index in [4.69, 9.17) is 0 Å². The van der Waals surface area contributed by atoms with Crippen LogP contribution in [0.15, 0.2) is 6.07 Å². The van der Waals surface area contributed by atoms with Crippen molar-refractivity contribution in [3.8, 4) is 0 Å². The second-order valence-corrected chi connectivity index (χ2v) is 3.86. The number of aromatic nitrogens is 2. The molecule has 1 unspecified atom stereocenters. The van der Waals surface area contributed by atoms with Gasteiger partial charge >= 0.3 is 0 Å². The van der Waals surface area contributed by atoms with Crippen molar-refractivity contribution in [3.63, 3.8) is 0 Å². The molecule has 15 heavy (non-hydrogen) atoms. The van der Waals surface area contributed by atoms with Crippen LogP contribution in [0.5, 0.6) is 0 Å². The predicted octanol–water partition coefficient (Wildman–Crippen LogP) is 2.28. The topological polar surface area (TPSA) is 49.8 Å². The molecule has 0 spiro atoms. The molecule has 0 saturated carbocycles. The fourth-order valence-electron chi connectivity index (χ4n) is 1.19. The van der Waals surface area contributed by atoms with Gasteiger partial charge in [0.25, 0.3) is 0 Å². The van der Waals surface area contributed by atoms with Gasteiger partial charge in [0.05, 0.1) is 0 Å². The van der Waals surface area contributed by atoms with Crippen molar-refractivity contribution in [1.82, 2.24) is 9.97 Å². The first-order chi connectivity index (χ1) is 7.15. The van der Waals surface area contributed by atoms with Crippen molar-refractivity contribution < 1.29 is 0 Å². The van der Waals surface area contributed by atoms with Gasteiger partial charge < -0.3 is 10.6 Å². The van der Waals surface area contributed by atoms with Gasteiger partial charge in [0, 0.05) is 25.4 Å². The molecule has 84 valence electrons. The summed E-state index contributed by atoms with van der Waals surface area (Å²) >= 11 is 0. The number of anilines is 2. The third kappa shape index (κ3) is 3.73. The summed E-state index contributed by atoms with van der Waals surface area (Å²) in [5.41, 5.74) is 0.973. The van der Waals surface area contributed by atoms with Crippen LogP contribution in [-0.2, 0) is 0 Å². The van der Waals surface area contributed by atoms with Crippen LogP contribution in [0.4, 0.5) is 11.8 Å². The lowest BCUT2D eigenvalue weighted by atomic mass is 10.1. The number of rotatable bonds is 5. The zero-order valence-electron chi connectivity index (χ0n) is 9.96. The smallest absolute Gasteiger partial charge is 0.224 e. The quantitative estimate of drug-likeness (QED) is 0.779. The fraction of sp³-hybridized carbons (Fsp3) is 0.636. The highest BCUT2D eigenvalue weighted by Crippen LogP contribution is 2.10. The molecular weight excluding hydrogens is 188 g/mol. The van der Waals surface area contributed by atoms with E-state index in [0.29, 0.717) is 11.9 Å². The highest BCUT2D eigenvalue weighted by molar-refractivity contribution is 5.41. The van der Waals surface area contributed by atoms with E-state index in [2.05, 4.69) is 34.4 Å². The van der Waals surface area contributed by atoms with E-state index in [1.54, 1.807) is 0 Å². The molecule has 0 fully saturated rings. The predicted molar refractivity (Wildman–Crippen MR) is 64.3 cm³/mol. The van der Waals surface area contributed by atoms with Gasteiger partial charge in [-0.1, -0.05) is 20.3 Å². The minimum Gasteiger partial charge on any atom is -0.370 e. The van der Waals surface area contributed by atoms with E-state index in [1.165, 1.54) is 6.42 Å². The first kappa shape index (κ1) is 11.8. The fourth-order valence-corrected chi connectivity index (χ4v) is 1.19. The summed E-state index contributed by atoms with van der Waals surface area (Å²) in [5.74, 6) is 2.23. The Kier molecular flexibility index (Phi) is 4.34. The van der Waals surface area contributed by atoms with Crippen molar-refractivity contribution in [1.29, 1.82) is 0 Å². The number of nitrogens with one attached hydrogen (secondary N) is 2. The van der Waals surface area contributed by atoms with Gasteiger partial charge in [0.2, 0.25) is 5.95 Å². The average molecular weight is 208 g/mol. The van der Waals surface area contributed by atoms with E-state index < -0.39 is 0 Å². The van der Waals surface area contributed by atoms with Gasteiger partial charge in [0.1, 0.15) is 5.82 Å². The molecule has 1 atom stereocenters. The lowest BCUT2D eigenvalue weighted by Gasteiger charge is -2.11. The van der Waals surface area contributed by atoms with Crippen molar-refractivity contribution in [3.05, 3.63) is 11.8 Å². The third-order valence-electron chi connectivity index (χ3n) is 2.41. The average Bonchev–Trinajstić information content (AvgIpc) is 2.25. The van der Waals surface area contributed by atoms with Gasteiger partial charge in [-0.2, -0.15) is 4.98 Å². The van der Waals surface area contributed by atoms with Gasteiger partial charge in [-0.25, -0.2) is 4.98 Å². The van der Waals surface area contributed by atoms with Crippen LogP contribution in [0, 0.1) is 12.8 Å². The summed E-state index contributed by atoms with van der Waals surface area (Å²) in [7, 11) is 1.83. The third-order valence-corrected chi connectivity index (χ3v) is 2.41. The van der Waals surface area contributed by atoms with Crippen LogP contribution in [0.25, 0.3) is 0 Å². The Bertz CT molecular complexity index is 311. The van der Waals surface area contributed by atoms with Crippen molar-refractivity contribution in [2.45, 2.75) is 27.2 Å². The molecule has 0 saturated heterocycles. The first-order valence-electron chi connectivity index (χ1n) is 5.43. The maximum Gasteiger partial charge on any atom is 0.224 e. The first-order valence-corrected chi connectivity index (χ1v) is 5.43. The zero-order valence-corrected chi connectivity index (χ0v) is 9.96. The summed E-state index contributed by atoms with van der Waals surface area (Å²) in [6, 6.07) is 1.96. The summed E-state index contributed by atoms with van der Waals surface area (Å²) in [6.07, 6.45) is 1.18. The molecular formula is C11H20N4. The van der Waals surface area contributed by atoms with Crippen LogP contribution in [0.2, 0.25) is 0 Å². The lowest BCUT2D eigenvalue weighted by molar-refractivity contribution is 0.592. The highest BCUT2D eigenvalue weighted by Gasteiger charge is 2.02. The monoisotopic (exact) mass is 208 g/mol. The van der Waals surface area contributed by atoms with Crippen LogP contribution in [-0.4, -0.2) is 23.6 Å². The molecule has 0 amide bonds. The van der Waals surface area contributed by atoms with Crippen LogP contribution >= 0.6 is 0 Å². The Balaban J connectivity index is 2.64. The Labute approximate surface area is 91.5 Å². The number of hydrogen-bond acceptors (Lipinski definition) is 4. The molecule has 0 aliphatic rings. The maximum atomic E-state index is 4.32. The molecule has 1 rings (SSSR count). The molecule has 4 heteroatoms. The molecule has 1 aromatic heterocycles. The number of nitrogens with zero attached hydrogens (tertiary/aromatic N) is 2. The molecule has 0 aliphatic heterocycles. The van der Waals surface area contributed by atoms with Gasteiger partial charge in [0.15, 0.2) is 0 Å². The standard InChI is InChI=1S/C11H20N4/c1-5-8(2)7-13-10-6-9(3)14-11(12-4)15-10/h6,8H,5,7H2,1-4H3,(H2,12,13,14,15). The number of aryl methyl sites for hydroxylation is 1. The van der Waals surface area contributed by atoms with Crippen LogP contribution in [0.1, 0.15) is 26.0 Å². The minimum absolute atomic E-state index is 0.665. The van der Waals surface area contributed by atoms with E-state index in [0.717, 1.165) is 18.1 Å². The molecule has 1 heterocycles. The van der Waals surface area contributed by atoms with E-state index in [9.17, 15) is 0 Å². The normalized spacial score (nSPS) is 12.3. The summed E-state index contributed by atoms with van der Waals surface area (Å²) in [5, 5.41) is 6.27. The van der Waals surface area contributed by atoms with Gasteiger partial charge in [-0.05, 0) is 12.8 Å². The SMILES string of the molecule is CCC(C)CNc1cc(C)nc(NC)n1. The zero-order chi connectivity index (χ0) is 11.3. The highest BCUT2D eigenvalue weighted by atomic mass is 15.1. The van der Waals surface area contributed by atoms with Crippen molar-refractivity contribution in [2.24, 2.45) is 5.92 Å². The molecule has 0 bridgehead atoms. The largest absolute Gasteiger partial charge is 0.370 e. The molecule has 4 nitrogen and oxygen atoms in total. The summed E-state index contributed by atoms with van der Waals surface area (Å²) in [6.45, 7) is 7.34.